The monoisotopic (exact) mass is 498 g/mol. The first-order valence-corrected chi connectivity index (χ1v) is 13.2. The van der Waals surface area contributed by atoms with Crippen molar-refractivity contribution in [3.05, 3.63) is 77.3 Å². The van der Waals surface area contributed by atoms with Crippen LogP contribution in [-0.4, -0.2) is 63.1 Å². The molecule has 3 aliphatic rings. The highest BCUT2D eigenvalue weighted by Crippen LogP contribution is 2.49. The van der Waals surface area contributed by atoms with Gasteiger partial charge in [0.25, 0.3) is 0 Å². The molecule has 4 heterocycles. The standard InChI is InChI=1S/C30H34N4O3/c1-4-34-29(36)33-19-23-15-24(35)16-26(37-3)28(23)20(2)14-27(33)30(34)9-12-32(13-10-30)18-22-7-5-6-21-17-31-11-8-25(21)22/h5-8,11,14-17,20,35H,4,9-10,12-13,18-19H2,1-3H3. The van der Waals surface area contributed by atoms with Gasteiger partial charge >= 0.3 is 6.03 Å². The fourth-order valence-electron chi connectivity index (χ4n) is 6.81. The predicted octanol–water partition coefficient (Wildman–Crippen LogP) is 5.24. The number of pyridine rings is 1. The highest BCUT2D eigenvalue weighted by Gasteiger charge is 2.54. The Balaban J connectivity index is 1.31. The molecule has 1 aromatic heterocycles. The van der Waals surface area contributed by atoms with Crippen molar-refractivity contribution in [1.82, 2.24) is 19.7 Å². The van der Waals surface area contributed by atoms with Crippen LogP contribution in [-0.2, 0) is 13.1 Å². The quantitative estimate of drug-likeness (QED) is 0.533. The van der Waals surface area contributed by atoms with E-state index in [-0.39, 0.29) is 23.2 Å². The second-order valence-electron chi connectivity index (χ2n) is 10.5. The van der Waals surface area contributed by atoms with Gasteiger partial charge in [0, 0.05) is 67.2 Å². The molecule has 0 saturated carbocycles. The highest BCUT2D eigenvalue weighted by atomic mass is 16.5. The minimum absolute atomic E-state index is 0.0612. The number of fused-ring (bicyclic) bond motifs is 4. The smallest absolute Gasteiger partial charge is 0.325 e. The van der Waals surface area contributed by atoms with Crippen LogP contribution in [0.3, 0.4) is 0 Å². The van der Waals surface area contributed by atoms with E-state index in [1.807, 2.05) is 17.3 Å². The number of hydrogen-bond donors (Lipinski definition) is 1. The van der Waals surface area contributed by atoms with Gasteiger partial charge in [-0.15, -0.1) is 0 Å². The van der Waals surface area contributed by atoms with Crippen molar-refractivity contribution in [3.63, 3.8) is 0 Å². The highest BCUT2D eigenvalue weighted by molar-refractivity contribution is 5.85. The number of phenols is 1. The number of phenolic OH excluding ortho intramolecular Hbond substituents is 1. The largest absolute Gasteiger partial charge is 0.508 e. The van der Waals surface area contributed by atoms with E-state index in [4.69, 9.17) is 4.74 Å². The fourth-order valence-corrected chi connectivity index (χ4v) is 6.81. The zero-order valence-corrected chi connectivity index (χ0v) is 21.8. The molecule has 2 aromatic carbocycles. The van der Waals surface area contributed by atoms with Gasteiger partial charge < -0.3 is 14.7 Å². The number of methoxy groups -OCH3 is 1. The second kappa shape index (κ2) is 9.06. The Hall–Kier alpha value is -3.58. The second-order valence-corrected chi connectivity index (χ2v) is 10.5. The summed E-state index contributed by atoms with van der Waals surface area (Å²) in [6.07, 6.45) is 7.85. The zero-order chi connectivity index (χ0) is 25.7. The number of carbonyl (C=O) groups is 1. The van der Waals surface area contributed by atoms with E-state index < -0.39 is 0 Å². The van der Waals surface area contributed by atoms with Crippen LogP contribution in [0.25, 0.3) is 10.8 Å². The molecule has 2 amide bonds. The molecular formula is C30H34N4O3. The van der Waals surface area contributed by atoms with E-state index in [0.29, 0.717) is 18.8 Å². The first-order valence-electron chi connectivity index (χ1n) is 13.2. The van der Waals surface area contributed by atoms with Gasteiger partial charge in [-0.25, -0.2) is 4.79 Å². The van der Waals surface area contributed by atoms with E-state index >= 15 is 0 Å². The average molecular weight is 499 g/mol. The average Bonchev–Trinajstić information content (AvgIpc) is 3.00. The van der Waals surface area contributed by atoms with Crippen LogP contribution in [0.2, 0.25) is 0 Å². The molecule has 7 nitrogen and oxygen atoms in total. The van der Waals surface area contributed by atoms with Crippen molar-refractivity contribution in [1.29, 1.82) is 0 Å². The predicted molar refractivity (Wildman–Crippen MR) is 143 cm³/mol. The van der Waals surface area contributed by atoms with E-state index in [9.17, 15) is 9.90 Å². The minimum Gasteiger partial charge on any atom is -0.508 e. The summed E-state index contributed by atoms with van der Waals surface area (Å²) in [6, 6.07) is 12.0. The third-order valence-electron chi connectivity index (χ3n) is 8.53. The van der Waals surface area contributed by atoms with Crippen LogP contribution in [0.15, 0.2) is 60.6 Å². The molecular weight excluding hydrogens is 464 g/mol. The summed E-state index contributed by atoms with van der Waals surface area (Å²) in [4.78, 5) is 24.6. The van der Waals surface area contributed by atoms with E-state index in [0.717, 1.165) is 49.3 Å². The van der Waals surface area contributed by atoms with Crippen LogP contribution >= 0.6 is 0 Å². The maximum Gasteiger partial charge on any atom is 0.325 e. The topological polar surface area (TPSA) is 69.1 Å². The summed E-state index contributed by atoms with van der Waals surface area (Å²) >= 11 is 0. The van der Waals surface area contributed by atoms with Gasteiger partial charge in [-0.3, -0.25) is 14.8 Å². The van der Waals surface area contributed by atoms with Crippen molar-refractivity contribution < 1.29 is 14.6 Å². The maximum absolute atomic E-state index is 13.8. The van der Waals surface area contributed by atoms with Gasteiger partial charge in [0.2, 0.25) is 0 Å². The van der Waals surface area contributed by atoms with Gasteiger partial charge in [0.1, 0.15) is 11.5 Å². The summed E-state index contributed by atoms with van der Waals surface area (Å²) in [5.41, 5.74) is 4.12. The van der Waals surface area contributed by atoms with Gasteiger partial charge in [0.05, 0.1) is 19.2 Å². The number of nitrogens with zero attached hydrogens (tertiary/aromatic N) is 4. The number of carbonyl (C=O) groups excluding carboxylic acids is 1. The number of ether oxygens (including phenoxy) is 1. The Kier molecular flexibility index (Phi) is 5.83. The third kappa shape index (κ3) is 3.75. The third-order valence-corrected chi connectivity index (χ3v) is 8.53. The van der Waals surface area contributed by atoms with Crippen LogP contribution < -0.4 is 4.74 Å². The lowest BCUT2D eigenvalue weighted by Gasteiger charge is -2.44. The van der Waals surface area contributed by atoms with Crippen LogP contribution in [0.1, 0.15) is 49.3 Å². The van der Waals surface area contributed by atoms with E-state index in [1.54, 1.807) is 19.2 Å². The molecule has 6 rings (SSSR count). The van der Waals surface area contributed by atoms with E-state index in [1.165, 1.54) is 16.3 Å². The van der Waals surface area contributed by atoms with Crippen molar-refractivity contribution in [2.45, 2.75) is 51.2 Å². The number of benzene rings is 2. The molecule has 1 N–H and O–H groups in total. The number of urea groups is 1. The summed E-state index contributed by atoms with van der Waals surface area (Å²) in [5, 5.41) is 12.7. The van der Waals surface area contributed by atoms with Crippen LogP contribution in [0.4, 0.5) is 4.79 Å². The molecule has 7 heteroatoms. The molecule has 0 radical (unpaired) electrons. The van der Waals surface area contributed by atoms with Gasteiger partial charge in [0.15, 0.2) is 0 Å². The number of hydrogen-bond acceptors (Lipinski definition) is 5. The molecule has 1 atom stereocenters. The SMILES string of the molecule is CCN1C(=O)N2Cc3cc(O)cc(OC)c3C(C)C=C2C12CCN(Cc1cccc3cnccc13)CC2. The molecule has 1 unspecified atom stereocenters. The van der Waals surface area contributed by atoms with Gasteiger partial charge in [-0.2, -0.15) is 0 Å². The van der Waals surface area contributed by atoms with Crippen LogP contribution in [0, 0.1) is 0 Å². The molecule has 192 valence electrons. The summed E-state index contributed by atoms with van der Waals surface area (Å²) in [7, 11) is 1.63. The zero-order valence-electron chi connectivity index (χ0n) is 21.8. The van der Waals surface area contributed by atoms with Crippen molar-refractivity contribution in [2.24, 2.45) is 0 Å². The lowest BCUT2D eigenvalue weighted by atomic mass is 9.82. The lowest BCUT2D eigenvalue weighted by Crippen LogP contribution is -2.53. The molecule has 1 spiro atoms. The molecule has 2 fully saturated rings. The Morgan fingerprint density at radius 3 is 2.76 bits per heavy atom. The van der Waals surface area contributed by atoms with Gasteiger partial charge in [-0.05, 0) is 48.4 Å². The molecule has 37 heavy (non-hydrogen) atoms. The molecule has 0 bridgehead atoms. The first-order chi connectivity index (χ1) is 17.9. The summed E-state index contributed by atoms with van der Waals surface area (Å²) in [5.74, 6) is 0.904. The number of likely N-dealkylation sites (tertiary alicyclic amines) is 1. The van der Waals surface area contributed by atoms with E-state index in [2.05, 4.69) is 59.0 Å². The Morgan fingerprint density at radius 2 is 2.00 bits per heavy atom. The minimum atomic E-state index is -0.309. The Labute approximate surface area is 218 Å². The number of piperidine rings is 1. The Bertz CT molecular complexity index is 1390. The first kappa shape index (κ1) is 23.8. The summed E-state index contributed by atoms with van der Waals surface area (Å²) in [6.45, 7) is 8.08. The number of allylic oxidation sites excluding steroid dienone is 1. The Morgan fingerprint density at radius 1 is 1.19 bits per heavy atom. The van der Waals surface area contributed by atoms with Crippen LogP contribution in [0.5, 0.6) is 11.5 Å². The molecule has 3 aliphatic heterocycles. The summed E-state index contributed by atoms with van der Waals surface area (Å²) < 4.78 is 5.64. The number of aromatic nitrogens is 1. The van der Waals surface area contributed by atoms with Crippen molar-refractivity contribution in [2.75, 3.05) is 26.7 Å². The molecule has 2 saturated heterocycles. The van der Waals surface area contributed by atoms with Gasteiger partial charge in [-0.1, -0.05) is 31.2 Å². The maximum atomic E-state index is 13.8. The fraction of sp³-hybridized carbons (Fsp3) is 0.400. The molecule has 3 aromatic rings. The normalized spacial score (nSPS) is 21.1. The number of amides is 2. The number of aromatic hydroxyl groups is 1. The lowest BCUT2D eigenvalue weighted by molar-refractivity contribution is 0.0890. The number of likely N-dealkylation sites (N-methyl/N-ethyl adjacent to an activating group) is 1. The van der Waals surface area contributed by atoms with Crippen molar-refractivity contribution >= 4 is 16.8 Å². The van der Waals surface area contributed by atoms with Crippen molar-refractivity contribution in [3.8, 4) is 11.5 Å². The number of rotatable bonds is 4. The molecule has 0 aliphatic carbocycles.